The van der Waals surface area contributed by atoms with Crippen LogP contribution >= 0.6 is 11.8 Å². The average Bonchev–Trinajstić information content (AvgIpc) is 3.06. The van der Waals surface area contributed by atoms with Gasteiger partial charge in [-0.1, -0.05) is 32.4 Å². The second kappa shape index (κ2) is 15.3. The van der Waals surface area contributed by atoms with Crippen LogP contribution in [0.4, 0.5) is 13.2 Å². The number of alkyl halides is 3. The lowest BCUT2D eigenvalue weighted by Crippen LogP contribution is -2.37. The first-order chi connectivity index (χ1) is 15.9. The standard InChI is InChI=1S/C12H11F3O3S.C6H13N.C4H8O2.C2H6/c1-11(17)6-4-3-5-7(12(13,14)15)8(6)19-9(11)10(16)18-2;1-7-5-3-2-4-6-7;1-4(2)6-3-5;1-2/h3-5,9,17H,1-2H3;2-6H2,1H3;3-4H,1-2H3;1-2H3. The van der Waals surface area contributed by atoms with Gasteiger partial charge >= 0.3 is 12.1 Å². The number of piperidine rings is 1. The SMILES string of the molecule is CC.CC(C)OC=O.CN1CCCCC1.COC(=O)C1Sc2c(C(F)(F)F)cccc2C1(C)O. The molecule has 1 aromatic rings. The van der Waals surface area contributed by atoms with Crippen LogP contribution in [0.25, 0.3) is 0 Å². The number of methoxy groups -OCH3 is 1. The van der Waals surface area contributed by atoms with Crippen LogP contribution in [0, 0.1) is 0 Å². The number of nitrogens with zero attached hydrogens (tertiary/aromatic N) is 1. The van der Waals surface area contributed by atoms with Crippen molar-refractivity contribution in [3.63, 3.8) is 0 Å². The summed E-state index contributed by atoms with van der Waals surface area (Å²) in [6.07, 6.45) is -0.223. The zero-order chi connectivity index (χ0) is 26.5. The number of hydrogen-bond donors (Lipinski definition) is 1. The zero-order valence-corrected chi connectivity index (χ0v) is 21.9. The van der Waals surface area contributed by atoms with E-state index in [9.17, 15) is 27.9 Å². The normalized spacial score (nSPS) is 21.5. The molecule has 1 fully saturated rings. The van der Waals surface area contributed by atoms with Gasteiger partial charge in [0.05, 0.1) is 18.8 Å². The van der Waals surface area contributed by atoms with Crippen molar-refractivity contribution in [2.75, 3.05) is 27.2 Å². The van der Waals surface area contributed by atoms with E-state index in [4.69, 9.17) is 0 Å². The van der Waals surface area contributed by atoms with Gasteiger partial charge in [0.1, 0.15) is 10.9 Å². The molecule has 1 aromatic carbocycles. The van der Waals surface area contributed by atoms with Gasteiger partial charge in [-0.2, -0.15) is 13.2 Å². The predicted octanol–water partition coefficient (Wildman–Crippen LogP) is 5.26. The molecule has 2 atom stereocenters. The molecule has 0 bridgehead atoms. The Kier molecular flexibility index (Phi) is 14.5. The lowest BCUT2D eigenvalue weighted by Gasteiger charge is -2.23. The molecule has 1 saturated heterocycles. The fourth-order valence-electron chi connectivity index (χ4n) is 3.21. The van der Waals surface area contributed by atoms with E-state index in [-0.39, 0.29) is 16.6 Å². The van der Waals surface area contributed by atoms with E-state index in [0.29, 0.717) is 18.2 Å². The third kappa shape index (κ3) is 9.84. The van der Waals surface area contributed by atoms with Crippen molar-refractivity contribution >= 4 is 24.2 Å². The third-order valence-electron chi connectivity index (χ3n) is 4.93. The molecule has 1 N–H and O–H groups in total. The summed E-state index contributed by atoms with van der Waals surface area (Å²) in [5.41, 5.74) is -2.43. The van der Waals surface area contributed by atoms with Gasteiger partial charge in [-0.3, -0.25) is 9.59 Å². The molecule has 3 rings (SSSR count). The topological polar surface area (TPSA) is 76.1 Å². The fraction of sp³-hybridized carbons (Fsp3) is 0.667. The third-order valence-corrected chi connectivity index (χ3v) is 6.50. The summed E-state index contributed by atoms with van der Waals surface area (Å²) in [7, 11) is 3.33. The summed E-state index contributed by atoms with van der Waals surface area (Å²) in [6.45, 7) is 12.0. The summed E-state index contributed by atoms with van der Waals surface area (Å²) in [6, 6.07) is 3.54. The quantitative estimate of drug-likeness (QED) is 0.440. The molecule has 0 aliphatic carbocycles. The largest absolute Gasteiger partial charge is 0.468 e. The van der Waals surface area contributed by atoms with Crippen LogP contribution in [0.5, 0.6) is 0 Å². The number of rotatable bonds is 3. The maximum Gasteiger partial charge on any atom is 0.417 e. The van der Waals surface area contributed by atoms with E-state index in [1.54, 1.807) is 13.8 Å². The van der Waals surface area contributed by atoms with Crippen LogP contribution in [0.15, 0.2) is 23.1 Å². The molecule has 0 aromatic heterocycles. The molecule has 2 unspecified atom stereocenters. The molecule has 6 nitrogen and oxygen atoms in total. The number of hydrogen-bond acceptors (Lipinski definition) is 7. The Labute approximate surface area is 205 Å². The van der Waals surface area contributed by atoms with Gasteiger partial charge < -0.3 is 19.5 Å². The smallest absolute Gasteiger partial charge is 0.417 e. The first-order valence-corrected chi connectivity index (χ1v) is 12.2. The monoisotopic (exact) mass is 509 g/mol. The number of ether oxygens (including phenoxy) is 2. The molecule has 2 aliphatic rings. The Hall–Kier alpha value is -1.78. The second-order valence-corrected chi connectivity index (χ2v) is 9.11. The molecule has 0 saturated carbocycles. The summed E-state index contributed by atoms with van der Waals surface area (Å²) in [4.78, 5) is 23.2. The minimum absolute atomic E-state index is 0.0301. The van der Waals surface area contributed by atoms with Crippen molar-refractivity contribution in [1.82, 2.24) is 4.90 Å². The number of halogens is 3. The second-order valence-electron chi connectivity index (χ2n) is 7.99. The highest BCUT2D eigenvalue weighted by Crippen LogP contribution is 2.52. The highest BCUT2D eigenvalue weighted by atomic mass is 32.2. The van der Waals surface area contributed by atoms with Crippen molar-refractivity contribution in [2.45, 2.75) is 81.9 Å². The van der Waals surface area contributed by atoms with Crippen molar-refractivity contribution in [3.05, 3.63) is 29.3 Å². The van der Waals surface area contributed by atoms with Gasteiger partial charge in [0.25, 0.3) is 6.47 Å². The van der Waals surface area contributed by atoms with Crippen LogP contribution < -0.4 is 0 Å². The molecule has 0 radical (unpaired) electrons. The number of fused-ring (bicyclic) bond motifs is 1. The van der Waals surface area contributed by atoms with Crippen LogP contribution in [-0.4, -0.2) is 61.0 Å². The van der Waals surface area contributed by atoms with Crippen molar-refractivity contribution in [3.8, 4) is 0 Å². The van der Waals surface area contributed by atoms with E-state index in [0.717, 1.165) is 13.2 Å². The summed E-state index contributed by atoms with van der Waals surface area (Å²) in [5, 5.41) is 9.21. The van der Waals surface area contributed by atoms with Crippen molar-refractivity contribution in [1.29, 1.82) is 0 Å². The van der Waals surface area contributed by atoms with E-state index < -0.39 is 28.6 Å². The maximum atomic E-state index is 12.9. The van der Waals surface area contributed by atoms with Crippen molar-refractivity contribution in [2.24, 2.45) is 0 Å². The summed E-state index contributed by atoms with van der Waals surface area (Å²) < 4.78 is 47.6. The Bertz CT molecular complexity index is 751. The maximum absolute atomic E-state index is 12.9. The van der Waals surface area contributed by atoms with E-state index in [1.807, 2.05) is 13.8 Å². The van der Waals surface area contributed by atoms with Crippen LogP contribution in [0.1, 0.15) is 65.0 Å². The highest BCUT2D eigenvalue weighted by Gasteiger charge is 2.50. The molecule has 34 heavy (non-hydrogen) atoms. The number of esters is 1. The number of likely N-dealkylation sites (tertiary alicyclic amines) is 1. The molecule has 0 spiro atoms. The zero-order valence-electron chi connectivity index (χ0n) is 21.1. The number of benzene rings is 1. The first-order valence-electron chi connectivity index (χ1n) is 11.3. The lowest BCUT2D eigenvalue weighted by molar-refractivity contribution is -0.144. The minimum atomic E-state index is -4.53. The van der Waals surface area contributed by atoms with Crippen LogP contribution in [-0.2, 0) is 30.8 Å². The van der Waals surface area contributed by atoms with E-state index in [1.165, 1.54) is 51.4 Å². The molecule has 10 heteroatoms. The number of carbonyl (C=O) groups is 2. The Morgan fingerprint density at radius 2 is 1.79 bits per heavy atom. The molecule has 196 valence electrons. The highest BCUT2D eigenvalue weighted by molar-refractivity contribution is 8.01. The summed E-state index contributed by atoms with van der Waals surface area (Å²) in [5.74, 6) is -0.751. The molecular formula is C24H38F3NO5S. The molecule has 0 amide bonds. The van der Waals surface area contributed by atoms with Crippen molar-refractivity contribution < 1.29 is 37.3 Å². The Morgan fingerprint density at radius 1 is 1.24 bits per heavy atom. The fourth-order valence-corrected chi connectivity index (χ4v) is 4.70. The Morgan fingerprint density at radius 3 is 2.15 bits per heavy atom. The minimum Gasteiger partial charge on any atom is -0.468 e. The first kappa shape index (κ1) is 32.2. The Balaban J connectivity index is 0.000000595. The van der Waals surface area contributed by atoms with E-state index >= 15 is 0 Å². The van der Waals surface area contributed by atoms with Crippen LogP contribution in [0.2, 0.25) is 0 Å². The van der Waals surface area contributed by atoms with Gasteiger partial charge in [-0.05, 0) is 65.4 Å². The van der Waals surface area contributed by atoms with Gasteiger partial charge in [0, 0.05) is 4.90 Å². The van der Waals surface area contributed by atoms with Crippen LogP contribution in [0.3, 0.4) is 0 Å². The van der Waals surface area contributed by atoms with Gasteiger partial charge in [-0.15, -0.1) is 11.8 Å². The molecule has 2 aliphatic heterocycles. The lowest BCUT2D eigenvalue weighted by atomic mass is 9.91. The number of aliphatic hydroxyl groups is 1. The van der Waals surface area contributed by atoms with Gasteiger partial charge in [0.15, 0.2) is 0 Å². The summed E-state index contributed by atoms with van der Waals surface area (Å²) >= 11 is 0.685. The number of thioether (sulfide) groups is 1. The molecule has 2 heterocycles. The molecular weight excluding hydrogens is 471 g/mol. The predicted molar refractivity (Wildman–Crippen MR) is 128 cm³/mol. The van der Waals surface area contributed by atoms with Gasteiger partial charge in [-0.25, -0.2) is 0 Å². The number of carbonyl (C=O) groups excluding carboxylic acids is 2. The van der Waals surface area contributed by atoms with Gasteiger partial charge in [0.2, 0.25) is 0 Å². The van der Waals surface area contributed by atoms with E-state index in [2.05, 4.69) is 21.4 Å². The average molecular weight is 510 g/mol.